The number of ether oxygens (including phenoxy) is 2. The molecule has 2 aromatic carbocycles. The molecule has 0 amide bonds. The lowest BCUT2D eigenvalue weighted by molar-refractivity contribution is 0.0373. The van der Waals surface area contributed by atoms with Gasteiger partial charge in [-0.2, -0.15) is 0 Å². The summed E-state index contributed by atoms with van der Waals surface area (Å²) in [6.07, 6.45) is 0. The van der Waals surface area contributed by atoms with Gasteiger partial charge in [-0.15, -0.1) is 0 Å². The molecule has 0 atom stereocenters. The standard InChI is InChI=1S/C23H28N4O3/c1-3-25-11-13-26(14-12-25)18-7-6-8-19(17-18)27-21-10-5-4-9-20(21)24-22(27)23(28)30-16-15-29-2/h4-10,17H,3,11-16H2,1-2H3. The monoisotopic (exact) mass is 408 g/mol. The molecule has 4 rings (SSSR count). The van der Waals surface area contributed by atoms with Gasteiger partial charge in [0.1, 0.15) is 6.61 Å². The molecule has 1 aliphatic heterocycles. The highest BCUT2D eigenvalue weighted by molar-refractivity contribution is 5.92. The van der Waals surface area contributed by atoms with E-state index in [2.05, 4.69) is 33.8 Å². The minimum atomic E-state index is -0.454. The zero-order chi connectivity index (χ0) is 20.9. The highest BCUT2D eigenvalue weighted by atomic mass is 16.6. The maximum atomic E-state index is 12.8. The number of aromatic nitrogens is 2. The Morgan fingerprint density at radius 2 is 1.77 bits per heavy atom. The first-order chi connectivity index (χ1) is 14.7. The maximum Gasteiger partial charge on any atom is 0.375 e. The molecule has 0 bridgehead atoms. The van der Waals surface area contributed by atoms with Gasteiger partial charge >= 0.3 is 5.97 Å². The third-order valence-corrected chi connectivity index (χ3v) is 5.54. The fourth-order valence-electron chi connectivity index (χ4n) is 3.86. The molecule has 3 aromatic rings. The quantitative estimate of drug-likeness (QED) is 0.443. The number of carbonyl (C=O) groups is 1. The van der Waals surface area contributed by atoms with E-state index in [0.29, 0.717) is 6.61 Å². The van der Waals surface area contributed by atoms with Crippen LogP contribution in [0.4, 0.5) is 5.69 Å². The number of hydrogen-bond donors (Lipinski definition) is 0. The summed E-state index contributed by atoms with van der Waals surface area (Å²) in [5, 5.41) is 0. The van der Waals surface area contributed by atoms with Crippen molar-refractivity contribution in [3.63, 3.8) is 0 Å². The van der Waals surface area contributed by atoms with Crippen LogP contribution >= 0.6 is 0 Å². The first kappa shape index (κ1) is 20.4. The van der Waals surface area contributed by atoms with Gasteiger partial charge in [0.25, 0.3) is 0 Å². The van der Waals surface area contributed by atoms with Crippen molar-refractivity contribution in [2.75, 3.05) is 57.9 Å². The number of anilines is 1. The van der Waals surface area contributed by atoms with E-state index >= 15 is 0 Å². The average Bonchev–Trinajstić information content (AvgIpc) is 3.19. The topological polar surface area (TPSA) is 59.8 Å². The van der Waals surface area contributed by atoms with Crippen molar-refractivity contribution in [2.45, 2.75) is 6.92 Å². The molecule has 30 heavy (non-hydrogen) atoms. The van der Waals surface area contributed by atoms with E-state index in [1.807, 2.05) is 41.0 Å². The zero-order valence-corrected chi connectivity index (χ0v) is 17.6. The van der Waals surface area contributed by atoms with Crippen LogP contribution in [0.3, 0.4) is 0 Å². The molecular weight excluding hydrogens is 380 g/mol. The second kappa shape index (κ2) is 9.28. The van der Waals surface area contributed by atoms with Crippen molar-refractivity contribution >= 4 is 22.7 Å². The fourth-order valence-corrected chi connectivity index (χ4v) is 3.86. The van der Waals surface area contributed by atoms with E-state index in [-0.39, 0.29) is 12.4 Å². The Bertz CT molecular complexity index is 1010. The van der Waals surface area contributed by atoms with E-state index in [1.54, 1.807) is 7.11 Å². The molecule has 7 heteroatoms. The number of benzene rings is 2. The van der Waals surface area contributed by atoms with Crippen LogP contribution < -0.4 is 4.90 Å². The smallest absolute Gasteiger partial charge is 0.375 e. The van der Waals surface area contributed by atoms with E-state index < -0.39 is 5.97 Å². The number of esters is 1. The van der Waals surface area contributed by atoms with Crippen molar-refractivity contribution in [2.24, 2.45) is 0 Å². The lowest BCUT2D eigenvalue weighted by atomic mass is 10.2. The molecule has 1 saturated heterocycles. The van der Waals surface area contributed by atoms with E-state index in [4.69, 9.17) is 9.47 Å². The Labute approximate surface area is 176 Å². The molecule has 0 saturated carbocycles. The molecule has 158 valence electrons. The molecule has 7 nitrogen and oxygen atoms in total. The first-order valence-corrected chi connectivity index (χ1v) is 10.4. The summed E-state index contributed by atoms with van der Waals surface area (Å²) in [5.74, 6) is -0.175. The summed E-state index contributed by atoms with van der Waals surface area (Å²) >= 11 is 0. The van der Waals surface area contributed by atoms with E-state index in [1.165, 1.54) is 0 Å². The number of imidazole rings is 1. The summed E-state index contributed by atoms with van der Waals surface area (Å²) in [6, 6.07) is 16.0. The van der Waals surface area contributed by atoms with Crippen molar-refractivity contribution in [1.82, 2.24) is 14.5 Å². The summed E-state index contributed by atoms with van der Waals surface area (Å²) in [4.78, 5) is 22.2. The lowest BCUT2D eigenvalue weighted by Crippen LogP contribution is -2.46. The summed E-state index contributed by atoms with van der Waals surface area (Å²) in [6.45, 7) is 7.95. The van der Waals surface area contributed by atoms with Gasteiger partial charge in [0.15, 0.2) is 0 Å². The van der Waals surface area contributed by atoms with Crippen LogP contribution in [0.2, 0.25) is 0 Å². The second-order valence-corrected chi connectivity index (χ2v) is 7.33. The Kier molecular flexibility index (Phi) is 6.30. The summed E-state index contributed by atoms with van der Waals surface area (Å²) in [7, 11) is 1.58. The molecule has 2 heterocycles. The van der Waals surface area contributed by atoms with Gasteiger partial charge in [-0.1, -0.05) is 25.1 Å². The van der Waals surface area contributed by atoms with E-state index in [0.717, 1.165) is 55.1 Å². The van der Waals surface area contributed by atoms with Gasteiger partial charge in [0.05, 0.1) is 17.6 Å². The molecule has 0 spiro atoms. The van der Waals surface area contributed by atoms with Gasteiger partial charge in [-0.3, -0.25) is 4.57 Å². The van der Waals surface area contributed by atoms with Crippen LogP contribution in [0.25, 0.3) is 16.7 Å². The van der Waals surface area contributed by atoms with Gasteiger partial charge < -0.3 is 19.3 Å². The highest BCUT2D eigenvalue weighted by Crippen LogP contribution is 2.26. The highest BCUT2D eigenvalue weighted by Gasteiger charge is 2.21. The number of likely N-dealkylation sites (N-methyl/N-ethyl adjacent to an activating group) is 1. The SMILES string of the molecule is CCN1CCN(c2cccc(-n3c(C(=O)OCCOC)nc4ccccc43)c2)CC1. The first-order valence-electron chi connectivity index (χ1n) is 10.4. The van der Waals surface area contributed by atoms with E-state index in [9.17, 15) is 4.79 Å². The number of carbonyl (C=O) groups excluding carboxylic acids is 1. The number of rotatable bonds is 7. The second-order valence-electron chi connectivity index (χ2n) is 7.33. The molecule has 0 N–H and O–H groups in total. The van der Waals surface area contributed by atoms with Crippen molar-refractivity contribution in [1.29, 1.82) is 0 Å². The summed E-state index contributed by atoms with van der Waals surface area (Å²) in [5.41, 5.74) is 3.69. The number of piperazine rings is 1. The molecule has 0 aliphatic carbocycles. The zero-order valence-electron chi connectivity index (χ0n) is 17.6. The Balaban J connectivity index is 1.68. The summed E-state index contributed by atoms with van der Waals surface area (Å²) < 4.78 is 12.2. The Morgan fingerprint density at radius 3 is 2.53 bits per heavy atom. The third kappa shape index (κ3) is 4.17. The molecule has 1 aliphatic rings. The fraction of sp³-hybridized carbons (Fsp3) is 0.391. The van der Waals surface area contributed by atoms with Crippen LogP contribution in [0.1, 0.15) is 17.5 Å². The number of hydrogen-bond acceptors (Lipinski definition) is 6. The van der Waals surface area contributed by atoms with Gasteiger partial charge in [-0.05, 0) is 36.9 Å². The maximum absolute atomic E-state index is 12.8. The third-order valence-electron chi connectivity index (χ3n) is 5.54. The minimum Gasteiger partial charge on any atom is -0.457 e. The predicted molar refractivity (Wildman–Crippen MR) is 118 cm³/mol. The minimum absolute atomic E-state index is 0.195. The number of nitrogens with zero attached hydrogens (tertiary/aromatic N) is 4. The normalized spacial score (nSPS) is 14.9. The van der Waals surface area contributed by atoms with Crippen molar-refractivity contribution in [3.05, 3.63) is 54.4 Å². The predicted octanol–water partition coefficient (Wildman–Crippen LogP) is 2.97. The number of fused-ring (bicyclic) bond motifs is 1. The number of para-hydroxylation sites is 2. The van der Waals surface area contributed by atoms with Crippen molar-refractivity contribution < 1.29 is 14.3 Å². The largest absolute Gasteiger partial charge is 0.457 e. The molecule has 1 fully saturated rings. The van der Waals surface area contributed by atoms with Gasteiger partial charge in [-0.25, -0.2) is 9.78 Å². The molecule has 0 unspecified atom stereocenters. The van der Waals surface area contributed by atoms with Gasteiger partial charge in [0, 0.05) is 44.7 Å². The van der Waals surface area contributed by atoms with Gasteiger partial charge in [0.2, 0.25) is 5.82 Å². The van der Waals surface area contributed by atoms with Crippen molar-refractivity contribution in [3.8, 4) is 5.69 Å². The van der Waals surface area contributed by atoms with Crippen LogP contribution in [0, 0.1) is 0 Å². The molecule has 0 radical (unpaired) electrons. The van der Waals surface area contributed by atoms with Crippen LogP contribution in [-0.2, 0) is 9.47 Å². The lowest BCUT2D eigenvalue weighted by Gasteiger charge is -2.35. The number of methoxy groups -OCH3 is 1. The van der Waals surface area contributed by atoms with Crippen LogP contribution in [0.15, 0.2) is 48.5 Å². The molecular formula is C23H28N4O3. The average molecular weight is 409 g/mol. The Hall–Kier alpha value is -2.90. The Morgan fingerprint density at radius 1 is 1.00 bits per heavy atom. The van der Waals surface area contributed by atoms with Crippen LogP contribution in [0.5, 0.6) is 0 Å². The van der Waals surface area contributed by atoms with Crippen LogP contribution in [-0.4, -0.2) is 73.5 Å². The molecule has 1 aromatic heterocycles.